The molecule has 2 aromatic carbocycles. The lowest BCUT2D eigenvalue weighted by Crippen LogP contribution is -2.04. The number of halogens is 4. The highest BCUT2D eigenvalue weighted by atomic mass is 19.3. The minimum atomic E-state index is -2.71. The summed E-state index contributed by atoms with van der Waals surface area (Å²) in [7, 11) is 0. The molecule has 8 heteroatoms. The van der Waals surface area contributed by atoms with Gasteiger partial charge in [-0.15, -0.1) is 0 Å². The highest BCUT2D eigenvalue weighted by molar-refractivity contribution is 5.92. The lowest BCUT2D eigenvalue weighted by atomic mass is 10.1. The number of hydrogen-bond acceptors (Lipinski definition) is 2. The molecule has 0 aliphatic carbocycles. The van der Waals surface area contributed by atoms with E-state index in [-0.39, 0.29) is 28.9 Å². The van der Waals surface area contributed by atoms with Crippen molar-refractivity contribution in [2.45, 2.75) is 13.0 Å². The molecule has 0 saturated carbocycles. The molecule has 1 N–H and O–H groups in total. The summed E-state index contributed by atoms with van der Waals surface area (Å²) < 4.78 is 54.2. The molecule has 3 rings (SSSR count). The van der Waals surface area contributed by atoms with Crippen LogP contribution >= 0.6 is 0 Å². The van der Waals surface area contributed by atoms with E-state index in [1.54, 1.807) is 0 Å². The summed E-state index contributed by atoms with van der Waals surface area (Å²) in [4.78, 5) is 10.7. The first-order valence-electron chi connectivity index (χ1n) is 7.48. The zero-order valence-corrected chi connectivity index (χ0v) is 13.2. The average Bonchev–Trinajstić information content (AvgIpc) is 2.92. The predicted octanol–water partition coefficient (Wildman–Crippen LogP) is 4.40. The van der Waals surface area contributed by atoms with Crippen molar-refractivity contribution in [3.05, 3.63) is 70.9 Å². The number of fused-ring (bicyclic) bond motifs is 1. The van der Waals surface area contributed by atoms with Gasteiger partial charge in [-0.3, -0.25) is 4.68 Å². The Morgan fingerprint density at radius 2 is 1.96 bits per heavy atom. The SMILES string of the molecule is O=C(O)/C=C/c1nn(Cc2ccc(F)cc2F)c2cc(C(F)F)ccc12. The summed E-state index contributed by atoms with van der Waals surface area (Å²) in [6, 6.07) is 6.88. The van der Waals surface area contributed by atoms with Crippen LogP contribution < -0.4 is 0 Å². The van der Waals surface area contributed by atoms with E-state index in [9.17, 15) is 22.4 Å². The van der Waals surface area contributed by atoms with Crippen LogP contribution in [0.5, 0.6) is 0 Å². The monoisotopic (exact) mass is 364 g/mol. The second-order valence-electron chi connectivity index (χ2n) is 5.53. The molecule has 0 saturated heterocycles. The van der Waals surface area contributed by atoms with Crippen molar-refractivity contribution >= 4 is 22.9 Å². The van der Waals surface area contributed by atoms with E-state index in [0.29, 0.717) is 5.39 Å². The Labute approximate surface area is 145 Å². The molecule has 1 heterocycles. The van der Waals surface area contributed by atoms with Crippen LogP contribution in [-0.2, 0) is 11.3 Å². The predicted molar refractivity (Wildman–Crippen MR) is 86.8 cm³/mol. The lowest BCUT2D eigenvalue weighted by molar-refractivity contribution is -0.131. The molecule has 0 fully saturated rings. The highest BCUT2D eigenvalue weighted by Gasteiger charge is 2.15. The number of nitrogens with zero attached hydrogens (tertiary/aromatic N) is 2. The number of alkyl halides is 2. The maximum atomic E-state index is 13.9. The van der Waals surface area contributed by atoms with Gasteiger partial charge in [0.1, 0.15) is 11.6 Å². The number of aromatic nitrogens is 2. The van der Waals surface area contributed by atoms with Crippen LogP contribution in [0, 0.1) is 11.6 Å². The van der Waals surface area contributed by atoms with Gasteiger partial charge in [-0.2, -0.15) is 5.10 Å². The van der Waals surface area contributed by atoms with Gasteiger partial charge in [-0.25, -0.2) is 22.4 Å². The number of carboxylic acids is 1. The molecule has 3 aromatic rings. The first-order chi connectivity index (χ1) is 12.3. The molecule has 0 aliphatic rings. The first-order valence-corrected chi connectivity index (χ1v) is 7.48. The van der Waals surface area contributed by atoms with Crippen molar-refractivity contribution < 1.29 is 27.5 Å². The molecule has 0 bridgehead atoms. The number of benzene rings is 2. The largest absolute Gasteiger partial charge is 0.478 e. The maximum Gasteiger partial charge on any atom is 0.328 e. The van der Waals surface area contributed by atoms with Crippen molar-refractivity contribution in [1.82, 2.24) is 9.78 Å². The summed E-state index contributed by atoms with van der Waals surface area (Å²) >= 11 is 0. The third kappa shape index (κ3) is 3.58. The fraction of sp³-hybridized carbons (Fsp3) is 0.111. The smallest absolute Gasteiger partial charge is 0.328 e. The van der Waals surface area contributed by atoms with Gasteiger partial charge in [-0.05, 0) is 18.2 Å². The van der Waals surface area contributed by atoms with Crippen molar-refractivity contribution in [3.63, 3.8) is 0 Å². The molecule has 0 aliphatic heterocycles. The molecule has 4 nitrogen and oxygen atoms in total. The molecule has 0 unspecified atom stereocenters. The van der Waals surface area contributed by atoms with Gasteiger partial charge in [0.25, 0.3) is 6.43 Å². The van der Waals surface area contributed by atoms with Gasteiger partial charge in [0.15, 0.2) is 0 Å². The summed E-state index contributed by atoms with van der Waals surface area (Å²) in [5.74, 6) is -2.72. The Bertz CT molecular complexity index is 1010. The number of carboxylic acid groups (broad SMARTS) is 1. The van der Waals surface area contributed by atoms with Gasteiger partial charge in [0.2, 0.25) is 0 Å². The summed E-state index contributed by atoms with van der Waals surface area (Å²) in [5.41, 5.74) is 0.404. The molecular formula is C18H12F4N2O2. The normalized spacial score (nSPS) is 11.7. The van der Waals surface area contributed by atoms with Crippen LogP contribution in [0.2, 0.25) is 0 Å². The van der Waals surface area contributed by atoms with E-state index in [2.05, 4.69) is 5.10 Å². The topological polar surface area (TPSA) is 55.1 Å². The van der Waals surface area contributed by atoms with E-state index in [0.717, 1.165) is 18.2 Å². The maximum absolute atomic E-state index is 13.9. The number of carbonyl (C=O) groups is 1. The van der Waals surface area contributed by atoms with Gasteiger partial charge in [0, 0.05) is 28.7 Å². The third-order valence-corrected chi connectivity index (χ3v) is 3.78. The molecule has 1 aromatic heterocycles. The van der Waals surface area contributed by atoms with Crippen LogP contribution in [0.15, 0.2) is 42.5 Å². The lowest BCUT2D eigenvalue weighted by Gasteiger charge is -2.06. The molecular weight excluding hydrogens is 352 g/mol. The molecule has 26 heavy (non-hydrogen) atoms. The Balaban J connectivity index is 2.12. The molecule has 0 spiro atoms. The Kier molecular flexibility index (Phi) is 4.75. The number of aliphatic carboxylic acids is 1. The van der Waals surface area contributed by atoms with E-state index in [4.69, 9.17) is 5.11 Å². The zero-order valence-electron chi connectivity index (χ0n) is 13.2. The molecule has 0 atom stereocenters. The summed E-state index contributed by atoms with van der Waals surface area (Å²) in [6.07, 6.45) is -0.612. The zero-order chi connectivity index (χ0) is 18.8. The second-order valence-corrected chi connectivity index (χ2v) is 5.53. The van der Waals surface area contributed by atoms with E-state index in [1.807, 2.05) is 0 Å². The van der Waals surface area contributed by atoms with Crippen LogP contribution in [0.4, 0.5) is 17.6 Å². The fourth-order valence-electron chi connectivity index (χ4n) is 2.56. The quantitative estimate of drug-likeness (QED) is 0.539. The van der Waals surface area contributed by atoms with Crippen LogP contribution in [-0.4, -0.2) is 20.9 Å². The Morgan fingerprint density at radius 1 is 1.19 bits per heavy atom. The minimum Gasteiger partial charge on any atom is -0.478 e. The van der Waals surface area contributed by atoms with Crippen molar-refractivity contribution in [2.75, 3.05) is 0 Å². The Morgan fingerprint density at radius 3 is 2.62 bits per heavy atom. The van der Waals surface area contributed by atoms with Crippen LogP contribution in [0.1, 0.15) is 23.2 Å². The minimum absolute atomic E-state index is 0.118. The van der Waals surface area contributed by atoms with Crippen molar-refractivity contribution in [3.8, 4) is 0 Å². The summed E-state index contributed by atoms with van der Waals surface area (Å²) in [6.45, 7) is -0.129. The van der Waals surface area contributed by atoms with Crippen molar-refractivity contribution in [2.24, 2.45) is 0 Å². The molecule has 0 radical (unpaired) electrons. The highest BCUT2D eigenvalue weighted by Crippen LogP contribution is 2.27. The van der Waals surface area contributed by atoms with Crippen LogP contribution in [0.25, 0.3) is 17.0 Å². The van der Waals surface area contributed by atoms with Gasteiger partial charge in [0.05, 0.1) is 17.8 Å². The number of hydrogen-bond donors (Lipinski definition) is 1. The molecule has 0 amide bonds. The van der Waals surface area contributed by atoms with Gasteiger partial charge in [-0.1, -0.05) is 18.2 Å². The molecule has 134 valence electrons. The second kappa shape index (κ2) is 6.99. The van der Waals surface area contributed by atoms with Gasteiger partial charge >= 0.3 is 5.97 Å². The summed E-state index contributed by atoms with van der Waals surface area (Å²) in [5, 5.41) is 13.4. The Hall–Kier alpha value is -3.16. The first kappa shape index (κ1) is 17.7. The van der Waals surface area contributed by atoms with Crippen molar-refractivity contribution in [1.29, 1.82) is 0 Å². The van der Waals surface area contributed by atoms with E-state index < -0.39 is 24.0 Å². The van der Waals surface area contributed by atoms with Gasteiger partial charge < -0.3 is 5.11 Å². The van der Waals surface area contributed by atoms with E-state index in [1.165, 1.54) is 35.0 Å². The third-order valence-electron chi connectivity index (χ3n) is 3.78. The average molecular weight is 364 g/mol. The standard InChI is InChI=1S/C18H12F4N2O2/c19-12-3-1-11(14(20)8-12)9-24-16-7-10(18(21)22)2-4-13(16)15(23-24)5-6-17(25)26/h1-8,18H,9H2,(H,25,26)/b6-5+. The fourth-order valence-corrected chi connectivity index (χ4v) is 2.56. The number of rotatable bonds is 5. The van der Waals surface area contributed by atoms with E-state index >= 15 is 0 Å². The van der Waals surface area contributed by atoms with Crippen LogP contribution in [0.3, 0.4) is 0 Å².